The zero-order valence-electron chi connectivity index (χ0n) is 10.8. The summed E-state index contributed by atoms with van der Waals surface area (Å²) in [4.78, 5) is 11.0. The van der Waals surface area contributed by atoms with Gasteiger partial charge in [-0.25, -0.2) is 9.18 Å². The molecular formula is C15H15FN2O2. The van der Waals surface area contributed by atoms with Crippen molar-refractivity contribution in [3.63, 3.8) is 0 Å². The predicted molar refractivity (Wildman–Crippen MR) is 76.4 cm³/mol. The topological polar surface area (TPSA) is 75.3 Å². The van der Waals surface area contributed by atoms with E-state index in [0.29, 0.717) is 18.7 Å². The molecule has 0 heterocycles. The van der Waals surface area contributed by atoms with Gasteiger partial charge in [0.2, 0.25) is 0 Å². The first-order valence-corrected chi connectivity index (χ1v) is 6.18. The second-order valence-electron chi connectivity index (χ2n) is 4.38. The van der Waals surface area contributed by atoms with E-state index in [1.807, 2.05) is 6.07 Å². The van der Waals surface area contributed by atoms with E-state index in [9.17, 15) is 9.18 Å². The number of carboxylic acid groups (broad SMARTS) is 1. The average Bonchev–Trinajstić information content (AvgIpc) is 2.40. The van der Waals surface area contributed by atoms with Gasteiger partial charge in [-0.2, -0.15) is 0 Å². The lowest BCUT2D eigenvalue weighted by molar-refractivity contribution is 0.0698. The fourth-order valence-corrected chi connectivity index (χ4v) is 1.94. The number of benzene rings is 2. The molecule has 0 radical (unpaired) electrons. The van der Waals surface area contributed by atoms with Gasteiger partial charge < -0.3 is 16.2 Å². The Bertz CT molecular complexity index is 629. The van der Waals surface area contributed by atoms with E-state index < -0.39 is 5.97 Å². The van der Waals surface area contributed by atoms with Crippen molar-refractivity contribution in [2.45, 2.75) is 6.42 Å². The Hall–Kier alpha value is -2.56. The van der Waals surface area contributed by atoms with Crippen LogP contribution in [-0.2, 0) is 6.42 Å². The van der Waals surface area contributed by atoms with Gasteiger partial charge in [-0.15, -0.1) is 0 Å². The number of para-hydroxylation sites is 1. The van der Waals surface area contributed by atoms with Gasteiger partial charge >= 0.3 is 5.97 Å². The van der Waals surface area contributed by atoms with E-state index in [1.54, 1.807) is 18.2 Å². The Labute approximate surface area is 116 Å². The maximum absolute atomic E-state index is 13.0. The summed E-state index contributed by atoms with van der Waals surface area (Å²) in [5.41, 5.74) is 7.50. The maximum atomic E-state index is 13.0. The van der Waals surface area contributed by atoms with Gasteiger partial charge in [-0.3, -0.25) is 0 Å². The number of aromatic carboxylic acids is 1. The third kappa shape index (κ3) is 3.26. The van der Waals surface area contributed by atoms with E-state index in [4.69, 9.17) is 10.8 Å². The van der Waals surface area contributed by atoms with Crippen molar-refractivity contribution in [1.29, 1.82) is 0 Å². The summed E-state index contributed by atoms with van der Waals surface area (Å²) in [6.07, 6.45) is 0.620. The first kappa shape index (κ1) is 13.9. The van der Waals surface area contributed by atoms with E-state index >= 15 is 0 Å². The molecule has 4 nitrogen and oxygen atoms in total. The highest BCUT2D eigenvalue weighted by Crippen LogP contribution is 2.22. The minimum absolute atomic E-state index is 0.0701. The number of nitrogen functional groups attached to an aromatic ring is 1. The molecule has 5 heteroatoms. The van der Waals surface area contributed by atoms with Crippen molar-refractivity contribution in [1.82, 2.24) is 0 Å². The molecule has 0 atom stereocenters. The average molecular weight is 274 g/mol. The Morgan fingerprint density at radius 1 is 1.25 bits per heavy atom. The third-order valence-electron chi connectivity index (χ3n) is 2.95. The van der Waals surface area contributed by atoms with Gasteiger partial charge in [0.15, 0.2) is 0 Å². The molecule has 0 amide bonds. The van der Waals surface area contributed by atoms with Crippen molar-refractivity contribution in [3.8, 4) is 0 Å². The van der Waals surface area contributed by atoms with Crippen LogP contribution in [0.4, 0.5) is 15.8 Å². The molecule has 20 heavy (non-hydrogen) atoms. The molecule has 2 aromatic carbocycles. The summed E-state index contributed by atoms with van der Waals surface area (Å²) in [6, 6.07) is 11.2. The number of nitrogens with two attached hydrogens (primary N) is 1. The zero-order chi connectivity index (χ0) is 14.5. The van der Waals surface area contributed by atoms with Crippen molar-refractivity contribution < 1.29 is 14.3 Å². The molecule has 0 aliphatic heterocycles. The number of hydrogen-bond acceptors (Lipinski definition) is 3. The van der Waals surface area contributed by atoms with E-state index in [-0.39, 0.29) is 17.1 Å². The van der Waals surface area contributed by atoms with Gasteiger partial charge in [0.05, 0.1) is 16.9 Å². The SMILES string of the molecule is Nc1c(NCCc2cccc(F)c2)cccc1C(=O)O. The number of halogens is 1. The Morgan fingerprint density at radius 3 is 2.70 bits per heavy atom. The van der Waals surface area contributed by atoms with Crippen molar-refractivity contribution in [2.24, 2.45) is 0 Å². The first-order chi connectivity index (χ1) is 9.58. The van der Waals surface area contributed by atoms with Crippen LogP contribution in [0.25, 0.3) is 0 Å². The lowest BCUT2D eigenvalue weighted by Gasteiger charge is -2.11. The number of nitrogens with one attached hydrogen (secondary N) is 1. The third-order valence-corrected chi connectivity index (χ3v) is 2.95. The Balaban J connectivity index is 2.01. The summed E-state index contributed by atoms with van der Waals surface area (Å²) in [6.45, 7) is 0.538. The Kier molecular flexibility index (Phi) is 4.20. The minimum Gasteiger partial charge on any atom is -0.478 e. The first-order valence-electron chi connectivity index (χ1n) is 6.18. The second-order valence-corrected chi connectivity index (χ2v) is 4.38. The molecule has 0 saturated carbocycles. The smallest absolute Gasteiger partial charge is 0.337 e. The molecule has 0 spiro atoms. The van der Waals surface area contributed by atoms with Crippen LogP contribution in [0.3, 0.4) is 0 Å². The van der Waals surface area contributed by atoms with E-state index in [1.165, 1.54) is 18.2 Å². The lowest BCUT2D eigenvalue weighted by Crippen LogP contribution is -2.10. The molecule has 0 aliphatic rings. The summed E-state index contributed by atoms with van der Waals surface area (Å²) >= 11 is 0. The lowest BCUT2D eigenvalue weighted by atomic mass is 10.1. The quantitative estimate of drug-likeness (QED) is 0.733. The van der Waals surface area contributed by atoms with Crippen LogP contribution in [-0.4, -0.2) is 17.6 Å². The van der Waals surface area contributed by atoms with Gasteiger partial charge in [-0.05, 0) is 36.2 Å². The maximum Gasteiger partial charge on any atom is 0.337 e. The van der Waals surface area contributed by atoms with Gasteiger partial charge in [0.25, 0.3) is 0 Å². The van der Waals surface area contributed by atoms with Crippen molar-refractivity contribution in [2.75, 3.05) is 17.6 Å². The summed E-state index contributed by atoms with van der Waals surface area (Å²) < 4.78 is 13.0. The molecule has 2 rings (SSSR count). The highest BCUT2D eigenvalue weighted by Gasteiger charge is 2.10. The molecule has 0 aliphatic carbocycles. The number of hydrogen-bond donors (Lipinski definition) is 3. The highest BCUT2D eigenvalue weighted by molar-refractivity contribution is 5.97. The largest absolute Gasteiger partial charge is 0.478 e. The van der Waals surface area contributed by atoms with Crippen LogP contribution in [0.2, 0.25) is 0 Å². The normalized spacial score (nSPS) is 10.2. The zero-order valence-corrected chi connectivity index (χ0v) is 10.8. The Morgan fingerprint density at radius 2 is 2.00 bits per heavy atom. The van der Waals surface area contributed by atoms with Crippen LogP contribution >= 0.6 is 0 Å². The molecule has 0 aromatic heterocycles. The summed E-state index contributed by atoms with van der Waals surface area (Å²) in [7, 11) is 0. The fraction of sp³-hybridized carbons (Fsp3) is 0.133. The number of carbonyl (C=O) groups is 1. The monoisotopic (exact) mass is 274 g/mol. The molecule has 0 saturated heterocycles. The molecule has 2 aromatic rings. The van der Waals surface area contributed by atoms with Gasteiger partial charge in [0, 0.05) is 6.54 Å². The molecule has 0 unspecified atom stereocenters. The van der Waals surface area contributed by atoms with Crippen LogP contribution in [0.15, 0.2) is 42.5 Å². The van der Waals surface area contributed by atoms with Crippen LogP contribution in [0, 0.1) is 5.82 Å². The van der Waals surface area contributed by atoms with Crippen LogP contribution < -0.4 is 11.1 Å². The summed E-state index contributed by atoms with van der Waals surface area (Å²) in [5, 5.41) is 12.0. The highest BCUT2D eigenvalue weighted by atomic mass is 19.1. The van der Waals surface area contributed by atoms with Gasteiger partial charge in [0.1, 0.15) is 5.82 Å². The number of rotatable bonds is 5. The molecule has 0 fully saturated rings. The van der Waals surface area contributed by atoms with Crippen LogP contribution in [0.1, 0.15) is 15.9 Å². The number of anilines is 2. The van der Waals surface area contributed by atoms with Crippen LogP contribution in [0.5, 0.6) is 0 Å². The van der Waals surface area contributed by atoms with Crippen molar-refractivity contribution in [3.05, 3.63) is 59.4 Å². The number of carboxylic acids is 1. The molecular weight excluding hydrogens is 259 g/mol. The van der Waals surface area contributed by atoms with E-state index in [2.05, 4.69) is 5.32 Å². The summed E-state index contributed by atoms with van der Waals surface area (Å²) in [5.74, 6) is -1.33. The second kappa shape index (κ2) is 6.06. The minimum atomic E-state index is -1.06. The molecule has 0 bridgehead atoms. The van der Waals surface area contributed by atoms with E-state index in [0.717, 1.165) is 5.56 Å². The predicted octanol–water partition coefficient (Wildman–Crippen LogP) is 2.76. The molecule has 104 valence electrons. The van der Waals surface area contributed by atoms with Gasteiger partial charge in [-0.1, -0.05) is 18.2 Å². The van der Waals surface area contributed by atoms with Crippen molar-refractivity contribution >= 4 is 17.3 Å². The molecule has 4 N–H and O–H groups in total. The standard InChI is InChI=1S/C15H15FN2O2/c16-11-4-1-3-10(9-11)7-8-18-13-6-2-5-12(14(13)17)15(19)20/h1-6,9,18H,7-8,17H2,(H,19,20). The fourth-order valence-electron chi connectivity index (χ4n) is 1.94.